The highest BCUT2D eigenvalue weighted by Crippen LogP contribution is 2.29. The van der Waals surface area contributed by atoms with Gasteiger partial charge in [-0.3, -0.25) is 4.79 Å². The summed E-state index contributed by atoms with van der Waals surface area (Å²) < 4.78 is 5.45. The molecular weight excluding hydrogens is 248 g/mol. The minimum atomic E-state index is -0.316. The molecule has 0 spiro atoms. The van der Waals surface area contributed by atoms with Gasteiger partial charge in [0.2, 0.25) is 0 Å². The number of hydrogen-bond acceptors (Lipinski definition) is 2. The molecule has 2 rings (SSSR count). The van der Waals surface area contributed by atoms with Crippen LogP contribution in [0.2, 0.25) is 5.02 Å². The fraction of sp³-hybridized carbons (Fsp3) is 0.533. The molecule has 1 atom stereocenters. The van der Waals surface area contributed by atoms with Gasteiger partial charge in [0.15, 0.2) is 5.78 Å². The molecule has 1 aliphatic rings. The Kier molecular flexibility index (Phi) is 4.79. The predicted octanol–water partition coefficient (Wildman–Crippen LogP) is 4.12. The van der Waals surface area contributed by atoms with Crippen molar-refractivity contribution in [1.29, 1.82) is 0 Å². The van der Waals surface area contributed by atoms with Gasteiger partial charge in [-0.25, -0.2) is 0 Å². The summed E-state index contributed by atoms with van der Waals surface area (Å²) in [5.74, 6) is 0.419. The van der Waals surface area contributed by atoms with Crippen LogP contribution in [0.3, 0.4) is 0 Å². The number of hydrogen-bond donors (Lipinski definition) is 0. The normalized spacial score (nSPS) is 18.6. The van der Waals surface area contributed by atoms with Gasteiger partial charge in [0.25, 0.3) is 0 Å². The van der Waals surface area contributed by atoms with E-state index in [0.29, 0.717) is 16.5 Å². The van der Waals surface area contributed by atoms with Crippen LogP contribution in [0.15, 0.2) is 24.3 Å². The second-order valence-electron chi connectivity index (χ2n) is 4.93. The summed E-state index contributed by atoms with van der Waals surface area (Å²) >= 11 is 5.93. The minimum Gasteiger partial charge on any atom is -0.373 e. The Morgan fingerprint density at radius 1 is 1.33 bits per heavy atom. The van der Waals surface area contributed by atoms with Crippen molar-refractivity contribution in [1.82, 2.24) is 0 Å². The van der Waals surface area contributed by atoms with Crippen molar-refractivity contribution in [3.8, 4) is 0 Å². The molecule has 1 aromatic rings. The van der Waals surface area contributed by atoms with Crippen LogP contribution in [0.4, 0.5) is 0 Å². The second-order valence-corrected chi connectivity index (χ2v) is 5.37. The number of halogens is 1. The largest absolute Gasteiger partial charge is 0.373 e. The number of rotatable bonds is 4. The number of benzene rings is 1. The number of methoxy groups -OCH3 is 1. The predicted molar refractivity (Wildman–Crippen MR) is 73.2 cm³/mol. The molecule has 0 heterocycles. The van der Waals surface area contributed by atoms with Crippen LogP contribution >= 0.6 is 11.6 Å². The van der Waals surface area contributed by atoms with E-state index < -0.39 is 0 Å². The minimum absolute atomic E-state index is 0.0619. The zero-order valence-electron chi connectivity index (χ0n) is 10.7. The molecule has 18 heavy (non-hydrogen) atoms. The van der Waals surface area contributed by atoms with E-state index in [1.54, 1.807) is 19.2 Å². The number of carbonyl (C=O) groups is 1. The van der Waals surface area contributed by atoms with Crippen molar-refractivity contribution in [3.63, 3.8) is 0 Å². The summed E-state index contributed by atoms with van der Waals surface area (Å²) in [6, 6.07) is 7.12. The summed E-state index contributed by atoms with van der Waals surface area (Å²) in [6.45, 7) is 0. The van der Waals surface area contributed by atoms with Crippen molar-refractivity contribution >= 4 is 17.4 Å². The molecule has 1 aromatic carbocycles. The molecule has 0 radical (unpaired) electrons. The van der Waals surface area contributed by atoms with Gasteiger partial charge in [-0.1, -0.05) is 43.0 Å². The Balaban J connectivity index is 2.14. The summed E-state index contributed by atoms with van der Waals surface area (Å²) in [7, 11) is 1.63. The third-order valence-electron chi connectivity index (χ3n) is 3.70. The summed E-state index contributed by atoms with van der Waals surface area (Å²) in [5, 5.41) is 0.597. The van der Waals surface area contributed by atoms with Gasteiger partial charge < -0.3 is 4.74 Å². The van der Waals surface area contributed by atoms with Crippen LogP contribution in [-0.2, 0) is 4.74 Å². The van der Waals surface area contributed by atoms with Crippen molar-refractivity contribution < 1.29 is 9.53 Å². The maximum Gasteiger partial charge on any atom is 0.191 e. The molecule has 0 aliphatic heterocycles. The second kappa shape index (κ2) is 6.35. The Hall–Kier alpha value is -0.860. The van der Waals surface area contributed by atoms with E-state index in [9.17, 15) is 4.79 Å². The lowest BCUT2D eigenvalue weighted by Gasteiger charge is -2.28. The first-order valence-electron chi connectivity index (χ1n) is 6.55. The fourth-order valence-corrected chi connectivity index (χ4v) is 2.95. The van der Waals surface area contributed by atoms with Gasteiger partial charge in [0.1, 0.15) is 6.10 Å². The molecule has 1 saturated carbocycles. The standard InChI is InChI=1S/C15H19ClO2/c1-18-15(11-6-3-2-4-7-11)14(17)12-8-5-9-13(16)10-12/h5,8-11,15H,2-4,6-7H2,1H3. The first-order valence-corrected chi connectivity index (χ1v) is 6.92. The molecule has 98 valence electrons. The van der Waals surface area contributed by atoms with E-state index in [2.05, 4.69) is 0 Å². The van der Waals surface area contributed by atoms with Crippen LogP contribution in [0, 0.1) is 5.92 Å². The smallest absolute Gasteiger partial charge is 0.191 e. The van der Waals surface area contributed by atoms with Crippen LogP contribution in [0.1, 0.15) is 42.5 Å². The van der Waals surface area contributed by atoms with Crippen LogP contribution in [0.5, 0.6) is 0 Å². The van der Waals surface area contributed by atoms with E-state index in [1.165, 1.54) is 19.3 Å². The molecule has 0 saturated heterocycles. The zero-order chi connectivity index (χ0) is 13.0. The highest BCUT2D eigenvalue weighted by molar-refractivity contribution is 6.31. The molecule has 0 N–H and O–H groups in total. The van der Waals surface area contributed by atoms with Crippen LogP contribution in [-0.4, -0.2) is 19.0 Å². The number of ether oxygens (including phenoxy) is 1. The molecule has 1 fully saturated rings. The third kappa shape index (κ3) is 3.12. The maximum absolute atomic E-state index is 12.4. The van der Waals surface area contributed by atoms with Gasteiger partial charge in [-0.2, -0.15) is 0 Å². The zero-order valence-corrected chi connectivity index (χ0v) is 11.5. The van der Waals surface area contributed by atoms with Crippen molar-refractivity contribution in [2.45, 2.75) is 38.2 Å². The van der Waals surface area contributed by atoms with Gasteiger partial charge in [0.05, 0.1) is 0 Å². The lowest BCUT2D eigenvalue weighted by molar-refractivity contribution is 0.0314. The van der Waals surface area contributed by atoms with Gasteiger partial charge >= 0.3 is 0 Å². The van der Waals surface area contributed by atoms with E-state index in [1.807, 2.05) is 12.1 Å². The average molecular weight is 267 g/mol. The first-order chi connectivity index (χ1) is 8.72. The summed E-state index contributed by atoms with van der Waals surface area (Å²) in [5.41, 5.74) is 0.653. The summed E-state index contributed by atoms with van der Waals surface area (Å²) in [4.78, 5) is 12.4. The highest BCUT2D eigenvalue weighted by atomic mass is 35.5. The Bertz CT molecular complexity index is 411. The van der Waals surface area contributed by atoms with E-state index in [4.69, 9.17) is 16.3 Å². The van der Waals surface area contributed by atoms with Crippen LogP contribution in [0.25, 0.3) is 0 Å². The van der Waals surface area contributed by atoms with Crippen molar-refractivity contribution in [3.05, 3.63) is 34.9 Å². The molecular formula is C15H19ClO2. The molecule has 1 aliphatic carbocycles. The quantitative estimate of drug-likeness (QED) is 0.767. The third-order valence-corrected chi connectivity index (χ3v) is 3.93. The monoisotopic (exact) mass is 266 g/mol. The topological polar surface area (TPSA) is 26.3 Å². The molecule has 3 heteroatoms. The van der Waals surface area contributed by atoms with E-state index in [0.717, 1.165) is 12.8 Å². The van der Waals surface area contributed by atoms with Gasteiger partial charge in [-0.15, -0.1) is 0 Å². The number of Topliss-reactive ketones (excluding diaryl/α,β-unsaturated/α-hetero) is 1. The van der Waals surface area contributed by atoms with E-state index >= 15 is 0 Å². The Morgan fingerprint density at radius 3 is 2.67 bits per heavy atom. The SMILES string of the molecule is COC(C(=O)c1cccc(Cl)c1)C1CCCCC1. The lowest BCUT2D eigenvalue weighted by Crippen LogP contribution is -2.33. The lowest BCUT2D eigenvalue weighted by atomic mass is 9.82. The molecule has 0 bridgehead atoms. The van der Waals surface area contributed by atoms with Gasteiger partial charge in [0, 0.05) is 17.7 Å². The number of ketones is 1. The van der Waals surface area contributed by atoms with Crippen molar-refractivity contribution in [2.24, 2.45) is 5.92 Å². The Labute approximate surface area is 113 Å². The van der Waals surface area contributed by atoms with Crippen molar-refractivity contribution in [2.75, 3.05) is 7.11 Å². The first kappa shape index (κ1) is 13.6. The Morgan fingerprint density at radius 2 is 2.06 bits per heavy atom. The number of carbonyl (C=O) groups excluding carboxylic acids is 1. The summed E-state index contributed by atoms with van der Waals surface area (Å²) in [6.07, 6.45) is 5.54. The maximum atomic E-state index is 12.4. The van der Waals surface area contributed by atoms with E-state index in [-0.39, 0.29) is 11.9 Å². The average Bonchev–Trinajstić information content (AvgIpc) is 2.41. The van der Waals surface area contributed by atoms with Gasteiger partial charge in [-0.05, 0) is 30.9 Å². The molecule has 2 nitrogen and oxygen atoms in total. The molecule has 0 aromatic heterocycles. The van der Waals surface area contributed by atoms with Crippen LogP contribution < -0.4 is 0 Å². The highest BCUT2D eigenvalue weighted by Gasteiger charge is 2.30. The molecule has 0 amide bonds. The fourth-order valence-electron chi connectivity index (χ4n) is 2.76. The molecule has 1 unspecified atom stereocenters.